The van der Waals surface area contributed by atoms with Gasteiger partial charge in [-0.3, -0.25) is 4.79 Å². The number of carbonyl (C=O) groups excluding carboxylic acids is 1. The molecule has 4 N–H and O–H groups in total. The Bertz CT molecular complexity index is 267. The van der Waals surface area contributed by atoms with Crippen LogP contribution in [0.3, 0.4) is 0 Å². The summed E-state index contributed by atoms with van der Waals surface area (Å²) in [5.41, 5.74) is 10.2. The molecule has 1 atom stereocenters. The summed E-state index contributed by atoms with van der Waals surface area (Å²) in [6, 6.07) is -0.379. The molecule has 0 aliphatic carbocycles. The van der Waals surface area contributed by atoms with Crippen molar-refractivity contribution in [1.82, 2.24) is 10.1 Å². The van der Waals surface area contributed by atoms with E-state index in [1.807, 2.05) is 0 Å². The molecule has 0 saturated heterocycles. The maximum absolute atomic E-state index is 10.4. The average Bonchev–Trinajstić information content (AvgIpc) is 2.33. The molecule has 11 heavy (non-hydrogen) atoms. The highest BCUT2D eigenvalue weighted by molar-refractivity contribution is 5.88. The number of primary amides is 1. The molecule has 1 amide bonds. The Morgan fingerprint density at radius 3 is 2.64 bits per heavy atom. The number of rotatable bonds is 2. The van der Waals surface area contributed by atoms with E-state index in [0.717, 1.165) is 0 Å². The van der Waals surface area contributed by atoms with Crippen molar-refractivity contribution in [1.29, 1.82) is 0 Å². The summed E-state index contributed by atoms with van der Waals surface area (Å²) in [5, 5.41) is 3.30. The first-order chi connectivity index (χ1) is 5.11. The molecule has 60 valence electrons. The van der Waals surface area contributed by atoms with Crippen LogP contribution in [0.2, 0.25) is 0 Å². The van der Waals surface area contributed by atoms with Gasteiger partial charge in [0.2, 0.25) is 5.89 Å². The van der Waals surface area contributed by atoms with Crippen LogP contribution in [0.25, 0.3) is 0 Å². The third-order valence-corrected chi connectivity index (χ3v) is 1.05. The van der Waals surface area contributed by atoms with Crippen LogP contribution in [0, 0.1) is 0 Å². The molecule has 1 aromatic rings. The quantitative estimate of drug-likeness (QED) is 0.582. The van der Waals surface area contributed by atoms with Crippen molar-refractivity contribution >= 4 is 5.91 Å². The first kappa shape index (κ1) is 7.67. The van der Waals surface area contributed by atoms with Gasteiger partial charge in [-0.05, 0) is 6.92 Å². The van der Waals surface area contributed by atoms with Crippen LogP contribution >= 0.6 is 0 Å². The Morgan fingerprint density at radius 2 is 2.36 bits per heavy atom. The number of hydrogen-bond acceptors (Lipinski definition) is 5. The van der Waals surface area contributed by atoms with Crippen molar-refractivity contribution in [2.24, 2.45) is 11.5 Å². The van der Waals surface area contributed by atoms with Crippen LogP contribution in [0.4, 0.5) is 0 Å². The lowest BCUT2D eigenvalue weighted by atomic mass is 10.4. The fraction of sp³-hybridized carbons (Fsp3) is 0.400. The highest BCUT2D eigenvalue weighted by atomic mass is 16.5. The molecule has 6 heteroatoms. The number of nitrogens with two attached hydrogens (primary N) is 2. The van der Waals surface area contributed by atoms with Crippen molar-refractivity contribution in [3.63, 3.8) is 0 Å². The molecule has 0 radical (unpaired) electrons. The molecule has 0 fully saturated rings. The van der Waals surface area contributed by atoms with Crippen molar-refractivity contribution in [2.75, 3.05) is 0 Å². The van der Waals surface area contributed by atoms with E-state index in [2.05, 4.69) is 14.7 Å². The summed E-state index contributed by atoms with van der Waals surface area (Å²) in [4.78, 5) is 14.1. The second-order valence-electron chi connectivity index (χ2n) is 2.11. The van der Waals surface area contributed by atoms with Gasteiger partial charge < -0.3 is 16.0 Å². The fourth-order valence-corrected chi connectivity index (χ4v) is 0.520. The summed E-state index contributed by atoms with van der Waals surface area (Å²) in [6.07, 6.45) is 0. The molecule has 0 spiro atoms. The smallest absolute Gasteiger partial charge is 0.290 e. The first-order valence-corrected chi connectivity index (χ1v) is 3.00. The standard InChI is InChI=1S/C5H8N4O2/c1-2(6)5-8-4(3(7)10)9-11-5/h2H,6H2,1H3,(H2,7,10)/t2-/m0/s1. The van der Waals surface area contributed by atoms with E-state index in [-0.39, 0.29) is 17.8 Å². The van der Waals surface area contributed by atoms with Crippen molar-refractivity contribution in [3.05, 3.63) is 11.7 Å². The molecule has 0 aliphatic rings. The van der Waals surface area contributed by atoms with Gasteiger partial charge in [0.05, 0.1) is 6.04 Å². The average molecular weight is 156 g/mol. The first-order valence-electron chi connectivity index (χ1n) is 3.00. The lowest BCUT2D eigenvalue weighted by Gasteiger charge is -1.92. The van der Waals surface area contributed by atoms with Gasteiger partial charge in [0.1, 0.15) is 0 Å². The van der Waals surface area contributed by atoms with Gasteiger partial charge in [0, 0.05) is 0 Å². The minimum atomic E-state index is -0.722. The summed E-state index contributed by atoms with van der Waals surface area (Å²) in [5.74, 6) is -0.656. The van der Waals surface area contributed by atoms with E-state index in [9.17, 15) is 4.79 Å². The Labute approximate surface area is 62.6 Å². The van der Waals surface area contributed by atoms with Gasteiger partial charge in [-0.1, -0.05) is 5.16 Å². The maximum atomic E-state index is 10.4. The summed E-state index contributed by atoms with van der Waals surface area (Å²) < 4.78 is 4.60. The molecular weight excluding hydrogens is 148 g/mol. The molecule has 0 saturated carbocycles. The largest absolute Gasteiger partial charge is 0.363 e. The lowest BCUT2D eigenvalue weighted by molar-refractivity contribution is 0.0987. The molecule has 1 aromatic heterocycles. The number of carbonyl (C=O) groups is 1. The van der Waals surface area contributed by atoms with Crippen molar-refractivity contribution in [3.8, 4) is 0 Å². The molecule has 6 nitrogen and oxygen atoms in total. The molecule has 1 heterocycles. The summed E-state index contributed by atoms with van der Waals surface area (Å²) in [6.45, 7) is 1.66. The van der Waals surface area contributed by atoms with Gasteiger partial charge in [0.25, 0.3) is 11.7 Å². The van der Waals surface area contributed by atoms with Crippen LogP contribution in [0.15, 0.2) is 4.52 Å². The Hall–Kier alpha value is -1.43. The van der Waals surface area contributed by atoms with Crippen LogP contribution < -0.4 is 11.5 Å². The zero-order valence-electron chi connectivity index (χ0n) is 5.94. The van der Waals surface area contributed by atoms with E-state index in [0.29, 0.717) is 0 Å². The van der Waals surface area contributed by atoms with Crippen LogP contribution in [0.5, 0.6) is 0 Å². The van der Waals surface area contributed by atoms with E-state index >= 15 is 0 Å². The summed E-state index contributed by atoms with van der Waals surface area (Å²) in [7, 11) is 0. The Kier molecular flexibility index (Phi) is 1.86. The van der Waals surface area contributed by atoms with Crippen molar-refractivity contribution in [2.45, 2.75) is 13.0 Å². The van der Waals surface area contributed by atoms with Gasteiger partial charge in [-0.15, -0.1) is 0 Å². The van der Waals surface area contributed by atoms with E-state index in [1.165, 1.54) is 0 Å². The van der Waals surface area contributed by atoms with Gasteiger partial charge in [0.15, 0.2) is 0 Å². The second-order valence-corrected chi connectivity index (χ2v) is 2.11. The highest BCUT2D eigenvalue weighted by Gasteiger charge is 2.12. The number of hydrogen-bond donors (Lipinski definition) is 2. The van der Waals surface area contributed by atoms with Gasteiger partial charge >= 0.3 is 0 Å². The van der Waals surface area contributed by atoms with E-state index in [1.54, 1.807) is 6.92 Å². The molecule has 0 aromatic carbocycles. The zero-order chi connectivity index (χ0) is 8.43. The maximum Gasteiger partial charge on any atom is 0.290 e. The normalized spacial score (nSPS) is 12.9. The third kappa shape index (κ3) is 1.53. The minimum Gasteiger partial charge on any atom is -0.363 e. The van der Waals surface area contributed by atoms with E-state index < -0.39 is 5.91 Å². The molecular formula is C5H8N4O2. The predicted octanol–water partition coefficient (Wildman–Crippen LogP) is -0.812. The third-order valence-electron chi connectivity index (χ3n) is 1.05. The molecule has 0 bridgehead atoms. The number of nitrogens with zero attached hydrogens (tertiary/aromatic N) is 2. The monoisotopic (exact) mass is 156 g/mol. The van der Waals surface area contributed by atoms with Gasteiger partial charge in [-0.2, -0.15) is 4.98 Å². The topological polar surface area (TPSA) is 108 Å². The van der Waals surface area contributed by atoms with Crippen molar-refractivity contribution < 1.29 is 9.32 Å². The lowest BCUT2D eigenvalue weighted by Crippen LogP contribution is -2.13. The van der Waals surface area contributed by atoms with E-state index in [4.69, 9.17) is 11.5 Å². The number of amides is 1. The minimum absolute atomic E-state index is 0.141. The van der Waals surface area contributed by atoms with Crippen LogP contribution in [-0.4, -0.2) is 16.0 Å². The van der Waals surface area contributed by atoms with Gasteiger partial charge in [-0.25, -0.2) is 0 Å². The molecule has 0 aliphatic heterocycles. The zero-order valence-corrected chi connectivity index (χ0v) is 5.94. The number of aromatic nitrogens is 2. The Morgan fingerprint density at radius 1 is 1.73 bits per heavy atom. The SMILES string of the molecule is C[C@H](N)c1nc(C(N)=O)no1. The predicted molar refractivity (Wildman–Crippen MR) is 35.4 cm³/mol. The fourth-order valence-electron chi connectivity index (χ4n) is 0.520. The van der Waals surface area contributed by atoms with Crippen LogP contribution in [-0.2, 0) is 0 Å². The molecule has 0 unspecified atom stereocenters. The highest BCUT2D eigenvalue weighted by Crippen LogP contribution is 2.04. The Balaban J connectivity index is 2.90. The van der Waals surface area contributed by atoms with Crippen LogP contribution in [0.1, 0.15) is 29.5 Å². The second kappa shape index (κ2) is 2.67. The molecule has 1 rings (SSSR count). The summed E-state index contributed by atoms with van der Waals surface area (Å²) >= 11 is 0.